The van der Waals surface area contributed by atoms with Crippen LogP contribution in [0.3, 0.4) is 0 Å². The number of Topliss-reactive ketones (excluding diaryl/α,β-unsaturated/α-hetero) is 1. The quantitative estimate of drug-likeness (QED) is 0.286. The van der Waals surface area contributed by atoms with E-state index in [-0.39, 0.29) is 11.3 Å². The second-order valence-electron chi connectivity index (χ2n) is 8.08. The SMILES string of the molecule is COc1cc(C(C)=O)c(C(C)(C(N)=O)c2ccc(NC(=O)Nc3cccc(N)c3)cc2)cc1OC. The van der Waals surface area contributed by atoms with E-state index in [1.54, 1.807) is 61.5 Å². The summed E-state index contributed by atoms with van der Waals surface area (Å²) in [6, 6.07) is 16.1. The summed E-state index contributed by atoms with van der Waals surface area (Å²) in [5.41, 5.74) is 13.0. The van der Waals surface area contributed by atoms with Crippen molar-refractivity contribution in [1.29, 1.82) is 0 Å². The Hall–Kier alpha value is -4.53. The molecule has 9 heteroatoms. The lowest BCUT2D eigenvalue weighted by atomic mass is 9.73. The van der Waals surface area contributed by atoms with Crippen molar-refractivity contribution in [2.75, 3.05) is 30.6 Å². The van der Waals surface area contributed by atoms with Gasteiger partial charge in [-0.2, -0.15) is 0 Å². The number of methoxy groups -OCH3 is 2. The number of hydrogen-bond donors (Lipinski definition) is 4. The molecule has 0 heterocycles. The van der Waals surface area contributed by atoms with Crippen LogP contribution in [-0.4, -0.2) is 31.9 Å². The summed E-state index contributed by atoms with van der Waals surface area (Å²) in [4.78, 5) is 37.6. The first-order chi connectivity index (χ1) is 16.6. The molecule has 1 unspecified atom stereocenters. The summed E-state index contributed by atoms with van der Waals surface area (Å²) in [5, 5.41) is 5.42. The summed E-state index contributed by atoms with van der Waals surface area (Å²) in [6.45, 7) is 3.04. The second-order valence-corrected chi connectivity index (χ2v) is 8.08. The van der Waals surface area contributed by atoms with Crippen LogP contribution in [0.5, 0.6) is 11.5 Å². The van der Waals surface area contributed by atoms with Crippen LogP contribution >= 0.6 is 0 Å². The van der Waals surface area contributed by atoms with Gasteiger partial charge in [0, 0.05) is 22.6 Å². The van der Waals surface area contributed by atoms with Crippen LogP contribution in [0.15, 0.2) is 60.7 Å². The van der Waals surface area contributed by atoms with Crippen LogP contribution in [0, 0.1) is 0 Å². The first-order valence-electron chi connectivity index (χ1n) is 10.7. The molecule has 0 aliphatic rings. The van der Waals surface area contributed by atoms with Gasteiger partial charge in [-0.15, -0.1) is 0 Å². The minimum Gasteiger partial charge on any atom is -0.493 e. The molecular weight excluding hydrogens is 448 g/mol. The third-order valence-electron chi connectivity index (χ3n) is 5.80. The van der Waals surface area contributed by atoms with Crippen molar-refractivity contribution in [2.24, 2.45) is 5.73 Å². The van der Waals surface area contributed by atoms with Gasteiger partial charge in [0.1, 0.15) is 0 Å². The first-order valence-corrected chi connectivity index (χ1v) is 10.7. The number of carbonyl (C=O) groups excluding carboxylic acids is 3. The Labute approximate surface area is 203 Å². The van der Waals surface area contributed by atoms with E-state index in [9.17, 15) is 14.4 Å². The molecule has 6 N–H and O–H groups in total. The van der Waals surface area contributed by atoms with E-state index < -0.39 is 17.4 Å². The van der Waals surface area contributed by atoms with Gasteiger partial charge in [-0.3, -0.25) is 9.59 Å². The maximum atomic E-state index is 12.8. The van der Waals surface area contributed by atoms with E-state index >= 15 is 0 Å². The number of hydrogen-bond acceptors (Lipinski definition) is 6. The van der Waals surface area contributed by atoms with Crippen LogP contribution in [0.1, 0.15) is 35.3 Å². The van der Waals surface area contributed by atoms with Crippen molar-refractivity contribution in [3.05, 3.63) is 77.4 Å². The maximum absolute atomic E-state index is 12.8. The van der Waals surface area contributed by atoms with Gasteiger partial charge in [0.2, 0.25) is 5.91 Å². The zero-order valence-corrected chi connectivity index (χ0v) is 20.0. The predicted octanol–water partition coefficient (Wildman–Crippen LogP) is 3.92. The molecule has 0 aliphatic heterocycles. The van der Waals surface area contributed by atoms with Crippen LogP contribution in [0.2, 0.25) is 0 Å². The zero-order chi connectivity index (χ0) is 25.8. The number of nitrogens with one attached hydrogen (secondary N) is 2. The lowest BCUT2D eigenvalue weighted by Crippen LogP contribution is -2.40. The molecule has 0 aliphatic carbocycles. The number of primary amides is 1. The number of ether oxygens (including phenoxy) is 2. The molecule has 9 nitrogen and oxygen atoms in total. The summed E-state index contributed by atoms with van der Waals surface area (Å²) >= 11 is 0. The molecule has 0 radical (unpaired) electrons. The van der Waals surface area contributed by atoms with E-state index in [1.165, 1.54) is 27.2 Å². The van der Waals surface area contributed by atoms with E-state index in [2.05, 4.69) is 10.6 Å². The smallest absolute Gasteiger partial charge is 0.323 e. The van der Waals surface area contributed by atoms with Crippen molar-refractivity contribution in [1.82, 2.24) is 0 Å². The van der Waals surface area contributed by atoms with Crippen LogP contribution in [-0.2, 0) is 10.2 Å². The Balaban J connectivity index is 1.95. The Kier molecular flexibility index (Phi) is 7.29. The number of nitrogens with two attached hydrogens (primary N) is 2. The number of benzene rings is 3. The number of nitrogen functional groups attached to an aromatic ring is 1. The highest BCUT2D eigenvalue weighted by Gasteiger charge is 2.39. The number of anilines is 3. The number of carbonyl (C=O) groups is 3. The monoisotopic (exact) mass is 476 g/mol. The number of ketones is 1. The summed E-state index contributed by atoms with van der Waals surface area (Å²) < 4.78 is 10.7. The summed E-state index contributed by atoms with van der Waals surface area (Å²) in [7, 11) is 2.93. The van der Waals surface area contributed by atoms with Gasteiger partial charge in [0.05, 0.1) is 19.6 Å². The van der Waals surface area contributed by atoms with Crippen molar-refractivity contribution in [3.8, 4) is 11.5 Å². The minimum atomic E-state index is -1.37. The minimum absolute atomic E-state index is 0.259. The van der Waals surface area contributed by atoms with Gasteiger partial charge in [-0.05, 0) is 67.4 Å². The molecule has 182 valence electrons. The van der Waals surface area contributed by atoms with Gasteiger partial charge in [-0.1, -0.05) is 18.2 Å². The predicted molar refractivity (Wildman–Crippen MR) is 135 cm³/mol. The van der Waals surface area contributed by atoms with Gasteiger partial charge in [0.25, 0.3) is 0 Å². The highest BCUT2D eigenvalue weighted by Crippen LogP contribution is 2.40. The molecule has 0 fully saturated rings. The summed E-state index contributed by atoms with van der Waals surface area (Å²) in [6.07, 6.45) is 0. The van der Waals surface area contributed by atoms with Crippen molar-refractivity contribution in [3.63, 3.8) is 0 Å². The van der Waals surface area contributed by atoms with Gasteiger partial charge in [0.15, 0.2) is 17.3 Å². The third-order valence-corrected chi connectivity index (χ3v) is 5.80. The lowest BCUT2D eigenvalue weighted by molar-refractivity contribution is -0.121. The van der Waals surface area contributed by atoms with Gasteiger partial charge in [-0.25, -0.2) is 4.79 Å². The van der Waals surface area contributed by atoms with E-state index in [0.717, 1.165) is 0 Å². The van der Waals surface area contributed by atoms with E-state index in [4.69, 9.17) is 20.9 Å². The van der Waals surface area contributed by atoms with E-state index in [1.807, 2.05) is 0 Å². The second kappa shape index (κ2) is 10.2. The standard InChI is InChI=1S/C26H28N4O5/c1-15(31)20-13-22(34-3)23(35-4)14-21(20)26(2,24(28)32)16-8-10-18(11-9-16)29-25(33)30-19-7-5-6-17(27)12-19/h5-14H,27H2,1-4H3,(H2,28,32)(H2,29,30,33). The lowest BCUT2D eigenvalue weighted by Gasteiger charge is -2.30. The molecule has 0 spiro atoms. The largest absolute Gasteiger partial charge is 0.493 e. The average Bonchev–Trinajstić information content (AvgIpc) is 2.82. The Morgan fingerprint density at radius 3 is 2.00 bits per heavy atom. The number of rotatable bonds is 8. The normalized spacial score (nSPS) is 12.2. The van der Waals surface area contributed by atoms with E-state index in [0.29, 0.717) is 39.7 Å². The molecule has 3 amide bonds. The fourth-order valence-electron chi connectivity index (χ4n) is 3.81. The van der Waals surface area contributed by atoms with Crippen molar-refractivity contribution in [2.45, 2.75) is 19.3 Å². The molecule has 35 heavy (non-hydrogen) atoms. The topological polar surface area (TPSA) is 146 Å². The highest BCUT2D eigenvalue weighted by atomic mass is 16.5. The van der Waals surface area contributed by atoms with Crippen molar-refractivity contribution < 1.29 is 23.9 Å². The Bertz CT molecular complexity index is 1270. The first kappa shape index (κ1) is 25.1. The molecule has 3 aromatic carbocycles. The Morgan fingerprint density at radius 1 is 0.857 bits per heavy atom. The molecule has 0 saturated carbocycles. The van der Waals surface area contributed by atoms with Crippen LogP contribution in [0.4, 0.5) is 21.9 Å². The summed E-state index contributed by atoms with van der Waals surface area (Å²) in [5.74, 6) is -0.201. The van der Waals surface area contributed by atoms with Crippen molar-refractivity contribution >= 4 is 34.8 Å². The molecule has 3 aromatic rings. The number of urea groups is 1. The molecule has 3 rings (SSSR count). The highest BCUT2D eigenvalue weighted by molar-refractivity contribution is 6.02. The van der Waals surface area contributed by atoms with Crippen LogP contribution in [0.25, 0.3) is 0 Å². The third kappa shape index (κ3) is 5.19. The molecule has 0 bridgehead atoms. The zero-order valence-electron chi connectivity index (χ0n) is 20.0. The average molecular weight is 477 g/mol. The number of amides is 3. The van der Waals surface area contributed by atoms with Gasteiger partial charge >= 0.3 is 6.03 Å². The Morgan fingerprint density at radius 2 is 1.46 bits per heavy atom. The molecule has 0 saturated heterocycles. The van der Waals surface area contributed by atoms with Crippen LogP contribution < -0.4 is 31.6 Å². The molecular formula is C26H28N4O5. The fourth-order valence-corrected chi connectivity index (χ4v) is 3.81. The maximum Gasteiger partial charge on any atom is 0.323 e. The molecule has 0 aromatic heterocycles. The fraction of sp³-hybridized carbons (Fsp3) is 0.192. The molecule has 1 atom stereocenters. The van der Waals surface area contributed by atoms with Gasteiger partial charge < -0.3 is 31.6 Å².